The number of piperidine rings is 1. The number of methoxy groups -OCH3 is 1. The Labute approximate surface area is 221 Å². The van der Waals surface area contributed by atoms with Crippen molar-refractivity contribution in [1.29, 1.82) is 5.26 Å². The van der Waals surface area contributed by atoms with Gasteiger partial charge in [0.05, 0.1) is 24.6 Å². The second-order valence-corrected chi connectivity index (χ2v) is 12.3. The smallest absolute Gasteiger partial charge is 0.282 e. The van der Waals surface area contributed by atoms with E-state index in [4.69, 9.17) is 20.0 Å². The van der Waals surface area contributed by atoms with Crippen LogP contribution in [-0.4, -0.2) is 82.6 Å². The first-order valence-corrected chi connectivity index (χ1v) is 14.2. The van der Waals surface area contributed by atoms with E-state index < -0.39 is 10.2 Å². The summed E-state index contributed by atoms with van der Waals surface area (Å²) in [6.07, 6.45) is 3.07. The molecule has 3 atom stereocenters. The quantitative estimate of drug-likeness (QED) is 0.465. The van der Waals surface area contributed by atoms with Gasteiger partial charge in [0.1, 0.15) is 11.6 Å². The molecule has 2 N–H and O–H groups in total. The Morgan fingerprint density at radius 3 is 2.55 bits per heavy atom. The molecule has 0 saturated carbocycles. The third-order valence-electron chi connectivity index (χ3n) is 7.97. The van der Waals surface area contributed by atoms with Crippen LogP contribution in [0.2, 0.25) is 0 Å². The number of hydrogen-bond acceptors (Lipinski definition) is 9. The van der Waals surface area contributed by atoms with Gasteiger partial charge in [0.15, 0.2) is 5.82 Å². The zero-order valence-corrected chi connectivity index (χ0v) is 22.4. The molecule has 3 saturated heterocycles. The number of rotatable bonds is 7. The van der Waals surface area contributed by atoms with Gasteiger partial charge in [-0.1, -0.05) is 0 Å². The number of aromatic nitrogens is 4. The summed E-state index contributed by atoms with van der Waals surface area (Å²) in [6, 6.07) is 9.70. The van der Waals surface area contributed by atoms with E-state index in [0.717, 1.165) is 29.4 Å². The van der Waals surface area contributed by atoms with Gasteiger partial charge in [-0.05, 0) is 44.7 Å². The lowest BCUT2D eigenvalue weighted by Crippen LogP contribution is -2.60. The minimum absolute atomic E-state index is 0.0717. The molecule has 0 unspecified atom stereocenters. The topological polar surface area (TPSA) is 143 Å². The molecule has 13 heteroatoms. The van der Waals surface area contributed by atoms with Gasteiger partial charge in [0.2, 0.25) is 5.95 Å². The fourth-order valence-corrected chi connectivity index (χ4v) is 8.02. The Morgan fingerprint density at radius 1 is 1.18 bits per heavy atom. The summed E-state index contributed by atoms with van der Waals surface area (Å²) in [5.74, 6) is 2.35. The van der Waals surface area contributed by atoms with Gasteiger partial charge in [0, 0.05) is 61.5 Å². The van der Waals surface area contributed by atoms with Crippen LogP contribution in [0.15, 0.2) is 24.3 Å². The average molecular weight is 538 g/mol. The Morgan fingerprint density at radius 2 is 1.92 bits per heavy atom. The molecule has 0 aliphatic carbocycles. The van der Waals surface area contributed by atoms with Crippen LogP contribution in [-0.2, 0) is 10.2 Å². The monoisotopic (exact) mass is 537 g/mol. The molecule has 3 aliphatic heterocycles. The minimum Gasteiger partial charge on any atom is -0.497 e. The van der Waals surface area contributed by atoms with E-state index in [9.17, 15) is 8.42 Å². The van der Waals surface area contributed by atoms with E-state index in [-0.39, 0.29) is 37.1 Å². The fraction of sp³-hybridized carbons (Fsp3) is 0.520. The number of ether oxygens (including phenoxy) is 1. The lowest BCUT2D eigenvalue weighted by molar-refractivity contribution is 0.177. The summed E-state index contributed by atoms with van der Waals surface area (Å²) < 4.78 is 35.3. The highest BCUT2D eigenvalue weighted by Gasteiger charge is 2.51. The standard InChI is InChI=1S/C25H31N9O3S/c1-15-8-23(31-30-15)28-24-21-7-6-20(37-3)11-22(21)27-25(29-24)32(2)19-9-17-4-5-18(10-19)34(17)38(35,36)33-13-16(12-26)14-33/h6-8,11,16-19H,4-5,9-10,13-14H2,1-3H3,(H2,27,28,29,30,31)/t17-,18+,19-. The number of aryl methyl sites for hydroxylation is 1. The number of fused-ring (bicyclic) bond motifs is 3. The van der Waals surface area contributed by atoms with Crippen molar-refractivity contribution in [3.63, 3.8) is 0 Å². The van der Waals surface area contributed by atoms with E-state index in [0.29, 0.717) is 36.2 Å². The van der Waals surface area contributed by atoms with Crippen molar-refractivity contribution in [1.82, 2.24) is 28.8 Å². The number of aromatic amines is 1. The van der Waals surface area contributed by atoms with E-state index in [2.05, 4.69) is 26.5 Å². The first-order valence-electron chi connectivity index (χ1n) is 12.8. The van der Waals surface area contributed by atoms with Crippen molar-refractivity contribution >= 4 is 38.7 Å². The van der Waals surface area contributed by atoms with Crippen LogP contribution in [0.25, 0.3) is 10.9 Å². The largest absolute Gasteiger partial charge is 0.497 e. The Balaban J connectivity index is 1.27. The predicted molar refractivity (Wildman–Crippen MR) is 142 cm³/mol. The molecule has 5 heterocycles. The number of nitrogens with zero attached hydrogens (tertiary/aromatic N) is 7. The van der Waals surface area contributed by atoms with Crippen LogP contribution >= 0.6 is 0 Å². The molecule has 1 aromatic carbocycles. The number of H-pyrrole nitrogens is 1. The highest BCUT2D eigenvalue weighted by Crippen LogP contribution is 2.42. The van der Waals surface area contributed by atoms with Crippen molar-refractivity contribution in [2.75, 3.05) is 37.5 Å². The Bertz CT molecular complexity index is 1500. The second kappa shape index (κ2) is 9.37. The van der Waals surface area contributed by atoms with Crippen molar-refractivity contribution in [2.45, 2.75) is 50.7 Å². The average Bonchev–Trinajstić information content (AvgIpc) is 3.41. The van der Waals surface area contributed by atoms with Gasteiger partial charge < -0.3 is 15.0 Å². The van der Waals surface area contributed by atoms with Crippen LogP contribution in [0.4, 0.5) is 17.6 Å². The third-order valence-corrected chi connectivity index (χ3v) is 10.1. The Kier molecular flexibility index (Phi) is 6.13. The molecule has 0 radical (unpaired) electrons. The maximum atomic E-state index is 13.3. The molecule has 2 bridgehead atoms. The van der Waals surface area contributed by atoms with Crippen LogP contribution in [0.5, 0.6) is 5.75 Å². The number of benzene rings is 1. The molecule has 3 fully saturated rings. The molecule has 0 spiro atoms. The summed E-state index contributed by atoms with van der Waals surface area (Å²) in [4.78, 5) is 11.8. The molecule has 12 nitrogen and oxygen atoms in total. The molecular weight excluding hydrogens is 506 g/mol. The van der Waals surface area contributed by atoms with Gasteiger partial charge >= 0.3 is 0 Å². The molecular formula is C25H31N9O3S. The van der Waals surface area contributed by atoms with Crippen LogP contribution in [0, 0.1) is 24.2 Å². The highest BCUT2D eigenvalue weighted by atomic mass is 32.2. The zero-order chi connectivity index (χ0) is 26.6. The van der Waals surface area contributed by atoms with E-state index in [1.54, 1.807) is 11.4 Å². The highest BCUT2D eigenvalue weighted by molar-refractivity contribution is 7.86. The molecule has 200 valence electrons. The molecule has 38 heavy (non-hydrogen) atoms. The number of anilines is 3. The molecule has 6 rings (SSSR count). The van der Waals surface area contributed by atoms with Crippen LogP contribution in [0.1, 0.15) is 31.4 Å². The molecule has 0 amide bonds. The second-order valence-electron chi connectivity index (χ2n) is 10.4. The summed E-state index contributed by atoms with van der Waals surface area (Å²) in [7, 11) is 0.0397. The van der Waals surface area contributed by atoms with Gasteiger partial charge in [-0.25, -0.2) is 4.98 Å². The molecule has 2 aromatic heterocycles. The Hall–Kier alpha value is -3.47. The number of hydrogen-bond donors (Lipinski definition) is 2. The van der Waals surface area contributed by atoms with Gasteiger partial charge in [-0.15, -0.1) is 0 Å². The first kappa shape index (κ1) is 24.8. The van der Waals surface area contributed by atoms with E-state index in [1.807, 2.05) is 38.2 Å². The van der Waals surface area contributed by atoms with Crippen molar-refractivity contribution in [3.05, 3.63) is 30.0 Å². The van der Waals surface area contributed by atoms with Gasteiger partial charge in [-0.3, -0.25) is 5.10 Å². The summed E-state index contributed by atoms with van der Waals surface area (Å²) in [6.45, 7) is 2.51. The zero-order valence-electron chi connectivity index (χ0n) is 21.6. The van der Waals surface area contributed by atoms with Crippen molar-refractivity contribution in [2.24, 2.45) is 5.92 Å². The maximum absolute atomic E-state index is 13.3. The minimum atomic E-state index is -3.56. The number of nitriles is 1. The van der Waals surface area contributed by atoms with Crippen LogP contribution in [0.3, 0.4) is 0 Å². The molecule has 3 aromatic rings. The lowest BCUT2D eigenvalue weighted by Gasteiger charge is -2.45. The molecule has 3 aliphatic rings. The SMILES string of the molecule is COc1ccc2c(Nc3cc(C)[nH]n3)nc(N(C)[C@@H]3C[C@H]4CC[C@@H](C3)N4S(=O)(=O)N3CC(C#N)C3)nc2c1. The third kappa shape index (κ3) is 4.22. The summed E-state index contributed by atoms with van der Waals surface area (Å²) >= 11 is 0. The van der Waals surface area contributed by atoms with Crippen LogP contribution < -0.4 is 15.0 Å². The normalized spacial score (nSPS) is 24.2. The van der Waals surface area contributed by atoms with Gasteiger partial charge in [-0.2, -0.15) is 32.4 Å². The predicted octanol–water partition coefficient (Wildman–Crippen LogP) is 2.55. The maximum Gasteiger partial charge on any atom is 0.282 e. The fourth-order valence-electron chi connectivity index (χ4n) is 5.88. The van der Waals surface area contributed by atoms with Crippen molar-refractivity contribution < 1.29 is 13.2 Å². The lowest BCUT2D eigenvalue weighted by atomic mass is 9.99. The number of nitrogens with one attached hydrogen (secondary N) is 2. The summed E-state index contributed by atoms with van der Waals surface area (Å²) in [5, 5.41) is 20.5. The van der Waals surface area contributed by atoms with E-state index in [1.165, 1.54) is 4.31 Å². The first-order chi connectivity index (χ1) is 18.3. The van der Waals surface area contributed by atoms with Crippen molar-refractivity contribution in [3.8, 4) is 11.8 Å². The van der Waals surface area contributed by atoms with Gasteiger partial charge in [0.25, 0.3) is 10.2 Å². The summed E-state index contributed by atoms with van der Waals surface area (Å²) in [5.41, 5.74) is 1.67. The van der Waals surface area contributed by atoms with E-state index >= 15 is 0 Å².